The average Bonchev–Trinajstić information content (AvgIpc) is 2.47. The second-order valence-electron chi connectivity index (χ2n) is 4.48. The van der Waals surface area contributed by atoms with E-state index in [2.05, 4.69) is 19.1 Å². The second kappa shape index (κ2) is 4.03. The van der Waals surface area contributed by atoms with E-state index in [1.54, 1.807) is 0 Å². The minimum atomic E-state index is -0.00454. The predicted molar refractivity (Wildman–Crippen MR) is 62.6 cm³/mol. The fraction of sp³-hybridized carbons (Fsp3) is 0.667. The van der Waals surface area contributed by atoms with Gasteiger partial charge in [0.2, 0.25) is 0 Å². The first-order valence-corrected chi connectivity index (χ1v) is 6.38. The highest BCUT2D eigenvalue weighted by atomic mass is 32.1. The van der Waals surface area contributed by atoms with Crippen LogP contribution < -0.4 is 5.73 Å². The molecule has 0 aromatic carbocycles. The molecule has 1 aromatic heterocycles. The highest BCUT2D eigenvalue weighted by Crippen LogP contribution is 2.36. The summed E-state index contributed by atoms with van der Waals surface area (Å²) in [4.78, 5) is 2.78. The number of thiophene rings is 1. The molecule has 14 heavy (non-hydrogen) atoms. The molecule has 0 radical (unpaired) electrons. The van der Waals surface area contributed by atoms with Crippen LogP contribution in [0.3, 0.4) is 0 Å². The summed E-state index contributed by atoms with van der Waals surface area (Å²) in [6, 6.07) is 4.42. The zero-order valence-corrected chi connectivity index (χ0v) is 9.70. The Morgan fingerprint density at radius 3 is 2.29 bits per heavy atom. The monoisotopic (exact) mass is 209 g/mol. The lowest BCUT2D eigenvalue weighted by atomic mass is 9.90. The molecule has 1 nitrogen and oxygen atoms in total. The van der Waals surface area contributed by atoms with Crippen molar-refractivity contribution in [2.45, 2.75) is 51.0 Å². The molecule has 2 N–H and O–H groups in total. The Hall–Kier alpha value is -0.340. The molecule has 78 valence electrons. The van der Waals surface area contributed by atoms with Gasteiger partial charge in [0.15, 0.2) is 0 Å². The van der Waals surface area contributed by atoms with Gasteiger partial charge < -0.3 is 5.73 Å². The highest BCUT2D eigenvalue weighted by Gasteiger charge is 2.29. The first-order chi connectivity index (χ1) is 6.71. The van der Waals surface area contributed by atoms with Gasteiger partial charge in [0.05, 0.1) is 5.54 Å². The van der Waals surface area contributed by atoms with Crippen LogP contribution in [0.5, 0.6) is 0 Å². The maximum atomic E-state index is 6.50. The van der Waals surface area contributed by atoms with Crippen molar-refractivity contribution in [1.29, 1.82) is 0 Å². The molecule has 0 amide bonds. The van der Waals surface area contributed by atoms with Gasteiger partial charge in [-0.2, -0.15) is 0 Å². The lowest BCUT2D eigenvalue weighted by Crippen LogP contribution is -2.34. The molecule has 1 fully saturated rings. The van der Waals surface area contributed by atoms with Crippen LogP contribution in [0.25, 0.3) is 0 Å². The van der Waals surface area contributed by atoms with Crippen LogP contribution in [-0.2, 0) is 5.54 Å². The SMILES string of the molecule is Cc1ccc(C2(N)CCCCCC2)s1. The third-order valence-electron chi connectivity index (χ3n) is 3.23. The van der Waals surface area contributed by atoms with Crippen molar-refractivity contribution in [1.82, 2.24) is 0 Å². The lowest BCUT2D eigenvalue weighted by molar-refractivity contribution is 0.393. The summed E-state index contributed by atoms with van der Waals surface area (Å²) >= 11 is 1.88. The average molecular weight is 209 g/mol. The van der Waals surface area contributed by atoms with E-state index < -0.39 is 0 Å². The lowest BCUT2D eigenvalue weighted by Gasteiger charge is -2.26. The predicted octanol–water partition coefficient (Wildman–Crippen LogP) is 3.56. The first-order valence-electron chi connectivity index (χ1n) is 5.56. The van der Waals surface area contributed by atoms with E-state index in [4.69, 9.17) is 5.73 Å². The summed E-state index contributed by atoms with van der Waals surface area (Å²) in [5.41, 5.74) is 6.50. The van der Waals surface area contributed by atoms with E-state index in [0.717, 1.165) is 0 Å². The van der Waals surface area contributed by atoms with E-state index in [9.17, 15) is 0 Å². The molecule has 1 heterocycles. The molecule has 1 aliphatic carbocycles. The molecule has 0 aliphatic heterocycles. The highest BCUT2D eigenvalue weighted by molar-refractivity contribution is 7.12. The standard InChI is InChI=1S/C12H19NS/c1-10-6-7-11(14-10)12(13)8-4-2-3-5-9-12/h6-7H,2-5,8-9,13H2,1H3. The van der Waals surface area contributed by atoms with Gasteiger partial charge in [-0.1, -0.05) is 25.7 Å². The van der Waals surface area contributed by atoms with Crippen LogP contribution in [-0.4, -0.2) is 0 Å². The minimum absolute atomic E-state index is 0.00454. The summed E-state index contributed by atoms with van der Waals surface area (Å²) in [5, 5.41) is 0. The fourth-order valence-electron chi connectivity index (χ4n) is 2.31. The quantitative estimate of drug-likeness (QED) is 0.703. The molecule has 1 aliphatic rings. The molecule has 0 bridgehead atoms. The molecule has 0 saturated heterocycles. The number of rotatable bonds is 1. The van der Waals surface area contributed by atoms with Crippen molar-refractivity contribution in [3.8, 4) is 0 Å². The van der Waals surface area contributed by atoms with E-state index in [0.29, 0.717) is 0 Å². The van der Waals surface area contributed by atoms with E-state index >= 15 is 0 Å². The van der Waals surface area contributed by atoms with Crippen molar-refractivity contribution in [3.63, 3.8) is 0 Å². The Labute approximate surface area is 90.3 Å². The molecule has 1 saturated carbocycles. The van der Waals surface area contributed by atoms with Crippen molar-refractivity contribution >= 4 is 11.3 Å². The summed E-state index contributed by atoms with van der Waals surface area (Å²) in [6.45, 7) is 2.16. The largest absolute Gasteiger partial charge is 0.321 e. The first kappa shape index (κ1) is 10.2. The van der Waals surface area contributed by atoms with E-state index in [1.807, 2.05) is 11.3 Å². The third kappa shape index (κ3) is 2.01. The van der Waals surface area contributed by atoms with E-state index in [-0.39, 0.29) is 5.54 Å². The van der Waals surface area contributed by atoms with Crippen molar-refractivity contribution in [2.24, 2.45) is 5.73 Å². The fourth-order valence-corrected chi connectivity index (χ4v) is 3.33. The Kier molecular flexibility index (Phi) is 2.93. The van der Waals surface area contributed by atoms with Crippen LogP contribution in [0, 0.1) is 6.92 Å². The van der Waals surface area contributed by atoms with E-state index in [1.165, 1.54) is 48.3 Å². The van der Waals surface area contributed by atoms with Crippen molar-refractivity contribution < 1.29 is 0 Å². The van der Waals surface area contributed by atoms with Crippen LogP contribution in [0.15, 0.2) is 12.1 Å². The minimum Gasteiger partial charge on any atom is -0.321 e. The van der Waals surface area contributed by atoms with Gasteiger partial charge in [-0.3, -0.25) is 0 Å². The molecule has 0 atom stereocenters. The number of aryl methyl sites for hydroxylation is 1. The van der Waals surface area contributed by atoms with Crippen LogP contribution in [0.2, 0.25) is 0 Å². The van der Waals surface area contributed by atoms with Crippen molar-refractivity contribution in [2.75, 3.05) is 0 Å². The smallest absolute Gasteiger partial charge is 0.0503 e. The number of hydrogen-bond donors (Lipinski definition) is 1. The van der Waals surface area contributed by atoms with Gasteiger partial charge in [-0.15, -0.1) is 11.3 Å². The molecular formula is C12H19NS. The van der Waals surface area contributed by atoms with Gasteiger partial charge in [0.1, 0.15) is 0 Å². The van der Waals surface area contributed by atoms with Gasteiger partial charge in [0, 0.05) is 9.75 Å². The maximum absolute atomic E-state index is 6.50. The van der Waals surface area contributed by atoms with Gasteiger partial charge in [-0.25, -0.2) is 0 Å². The molecular weight excluding hydrogens is 190 g/mol. The molecule has 0 spiro atoms. The maximum Gasteiger partial charge on any atom is 0.0503 e. The number of nitrogens with two attached hydrogens (primary N) is 1. The Morgan fingerprint density at radius 2 is 1.79 bits per heavy atom. The topological polar surface area (TPSA) is 26.0 Å². The normalized spacial score (nSPS) is 21.9. The summed E-state index contributed by atoms with van der Waals surface area (Å²) in [7, 11) is 0. The van der Waals surface area contributed by atoms with Gasteiger partial charge in [0.25, 0.3) is 0 Å². The summed E-state index contributed by atoms with van der Waals surface area (Å²) in [6.07, 6.45) is 7.67. The van der Waals surface area contributed by atoms with Gasteiger partial charge in [-0.05, 0) is 31.9 Å². The summed E-state index contributed by atoms with van der Waals surface area (Å²) < 4.78 is 0. The molecule has 1 aromatic rings. The van der Waals surface area contributed by atoms with Crippen molar-refractivity contribution in [3.05, 3.63) is 21.9 Å². The second-order valence-corrected chi connectivity index (χ2v) is 5.77. The number of hydrogen-bond acceptors (Lipinski definition) is 2. The Bertz CT molecular complexity index is 295. The van der Waals surface area contributed by atoms with Crippen LogP contribution in [0.4, 0.5) is 0 Å². The Morgan fingerprint density at radius 1 is 1.14 bits per heavy atom. The zero-order chi connectivity index (χ0) is 10.0. The third-order valence-corrected chi connectivity index (χ3v) is 4.45. The molecule has 2 rings (SSSR count). The van der Waals surface area contributed by atoms with Crippen LogP contribution in [0.1, 0.15) is 48.3 Å². The van der Waals surface area contributed by atoms with Gasteiger partial charge >= 0.3 is 0 Å². The molecule has 0 unspecified atom stereocenters. The zero-order valence-electron chi connectivity index (χ0n) is 8.88. The van der Waals surface area contributed by atoms with Crippen LogP contribution >= 0.6 is 11.3 Å². The molecule has 2 heteroatoms. The summed E-state index contributed by atoms with van der Waals surface area (Å²) in [5.74, 6) is 0. The Balaban J connectivity index is 2.20.